The van der Waals surface area contributed by atoms with Crippen LogP contribution in [0.3, 0.4) is 0 Å². The molecule has 2 N–H and O–H groups in total. The number of nitrogens with zero attached hydrogens (tertiary/aromatic N) is 3. The van der Waals surface area contributed by atoms with Gasteiger partial charge in [0, 0.05) is 24.8 Å². The zero-order valence-corrected chi connectivity index (χ0v) is 15.8. The van der Waals surface area contributed by atoms with E-state index in [-0.39, 0.29) is 18.1 Å². The summed E-state index contributed by atoms with van der Waals surface area (Å²) in [5, 5.41) is 10.1. The Balaban J connectivity index is 1.42. The number of furan rings is 1. The molecule has 2 aliphatic heterocycles. The van der Waals surface area contributed by atoms with Crippen molar-refractivity contribution in [1.82, 2.24) is 25.3 Å². The average molecular weight is 371 g/mol. The second-order valence-corrected chi connectivity index (χ2v) is 7.55. The lowest BCUT2D eigenvalue weighted by Gasteiger charge is -2.37. The van der Waals surface area contributed by atoms with Crippen LogP contribution in [0.1, 0.15) is 61.9 Å². The number of H-pyrrole nitrogens is 1. The van der Waals surface area contributed by atoms with Crippen LogP contribution in [0.25, 0.3) is 0 Å². The first-order valence-electron chi connectivity index (χ1n) is 10.1. The summed E-state index contributed by atoms with van der Waals surface area (Å²) >= 11 is 0. The van der Waals surface area contributed by atoms with Crippen LogP contribution < -0.4 is 5.32 Å². The van der Waals surface area contributed by atoms with Gasteiger partial charge in [-0.15, -0.1) is 0 Å². The molecular weight excluding hydrogens is 342 g/mol. The molecular formula is C20H29N5O2. The van der Waals surface area contributed by atoms with Gasteiger partial charge in [-0.2, -0.15) is 5.10 Å². The Morgan fingerprint density at radius 2 is 2.11 bits per heavy atom. The third-order valence-electron chi connectivity index (χ3n) is 5.82. The molecule has 2 aromatic heterocycles. The first-order valence-corrected chi connectivity index (χ1v) is 10.1. The second-order valence-electron chi connectivity index (χ2n) is 7.55. The molecule has 0 bridgehead atoms. The van der Waals surface area contributed by atoms with Crippen molar-refractivity contribution >= 4 is 6.03 Å². The summed E-state index contributed by atoms with van der Waals surface area (Å²) in [6, 6.07) is 4.15. The quantitative estimate of drug-likeness (QED) is 0.844. The third kappa shape index (κ3) is 4.18. The number of likely N-dealkylation sites (tertiary alicyclic amines) is 2. The maximum absolute atomic E-state index is 13.0. The number of piperidine rings is 2. The number of nitrogens with one attached hydrogen (secondary N) is 2. The maximum Gasteiger partial charge on any atom is 0.317 e. The van der Waals surface area contributed by atoms with Gasteiger partial charge in [-0.05, 0) is 57.3 Å². The van der Waals surface area contributed by atoms with E-state index in [4.69, 9.17) is 4.42 Å². The lowest BCUT2D eigenvalue weighted by Crippen LogP contribution is -2.47. The summed E-state index contributed by atoms with van der Waals surface area (Å²) in [6.07, 6.45) is 12.3. The van der Waals surface area contributed by atoms with E-state index in [1.54, 1.807) is 6.26 Å². The molecule has 0 spiro atoms. The van der Waals surface area contributed by atoms with E-state index in [0.717, 1.165) is 50.2 Å². The number of hydrogen-bond donors (Lipinski definition) is 2. The topological polar surface area (TPSA) is 77.4 Å². The molecule has 146 valence electrons. The summed E-state index contributed by atoms with van der Waals surface area (Å²) < 4.78 is 5.69. The lowest BCUT2D eigenvalue weighted by molar-refractivity contribution is 0.129. The van der Waals surface area contributed by atoms with E-state index in [9.17, 15) is 4.79 Å². The Kier molecular flexibility index (Phi) is 5.77. The van der Waals surface area contributed by atoms with E-state index in [0.29, 0.717) is 6.54 Å². The number of aromatic amines is 1. The van der Waals surface area contributed by atoms with Crippen LogP contribution in [-0.2, 0) is 0 Å². The average Bonchev–Trinajstić information content (AvgIpc) is 3.43. The van der Waals surface area contributed by atoms with Gasteiger partial charge in [-0.25, -0.2) is 4.79 Å². The lowest BCUT2D eigenvalue weighted by atomic mass is 9.98. The molecule has 7 heteroatoms. The van der Waals surface area contributed by atoms with Crippen molar-refractivity contribution in [3.63, 3.8) is 0 Å². The van der Waals surface area contributed by atoms with Crippen LogP contribution in [0.5, 0.6) is 0 Å². The van der Waals surface area contributed by atoms with Gasteiger partial charge >= 0.3 is 6.03 Å². The molecule has 0 aliphatic carbocycles. The fourth-order valence-corrected chi connectivity index (χ4v) is 4.37. The highest BCUT2D eigenvalue weighted by Gasteiger charge is 2.30. The first kappa shape index (κ1) is 18.1. The Morgan fingerprint density at radius 1 is 1.26 bits per heavy atom. The van der Waals surface area contributed by atoms with Crippen molar-refractivity contribution in [2.75, 3.05) is 26.2 Å². The van der Waals surface area contributed by atoms with Crippen molar-refractivity contribution in [1.29, 1.82) is 0 Å². The molecule has 7 nitrogen and oxygen atoms in total. The molecule has 2 amide bonds. The molecule has 27 heavy (non-hydrogen) atoms. The highest BCUT2D eigenvalue weighted by Crippen LogP contribution is 2.30. The van der Waals surface area contributed by atoms with Crippen LogP contribution in [-0.4, -0.2) is 52.2 Å². The van der Waals surface area contributed by atoms with E-state index >= 15 is 0 Å². The van der Waals surface area contributed by atoms with Crippen LogP contribution in [0.15, 0.2) is 35.2 Å². The molecule has 0 saturated carbocycles. The fourth-order valence-electron chi connectivity index (χ4n) is 4.37. The maximum atomic E-state index is 13.0. The number of carbonyl (C=O) groups excluding carboxylic acids is 1. The zero-order chi connectivity index (χ0) is 18.5. The molecule has 2 aromatic rings. The predicted octanol–water partition coefficient (Wildman–Crippen LogP) is 3.47. The molecule has 4 rings (SSSR count). The number of carbonyl (C=O) groups is 1. The van der Waals surface area contributed by atoms with Gasteiger partial charge in [0.05, 0.1) is 24.5 Å². The number of amides is 2. The summed E-state index contributed by atoms with van der Waals surface area (Å²) in [5.74, 6) is 0.933. The standard InChI is InChI=1S/C20H29N5O2/c26-20(25-11-5-2-7-17(25)16-13-22-23-14-16)21-15-18(19-8-6-12-27-19)24-9-3-1-4-10-24/h6,8,12-14,17-18H,1-5,7,9-11,15H2,(H,21,26)(H,22,23). The van der Waals surface area contributed by atoms with Crippen molar-refractivity contribution < 1.29 is 9.21 Å². The predicted molar refractivity (Wildman–Crippen MR) is 102 cm³/mol. The number of rotatable bonds is 5. The summed E-state index contributed by atoms with van der Waals surface area (Å²) in [4.78, 5) is 17.4. The Hall–Kier alpha value is -2.28. The van der Waals surface area contributed by atoms with E-state index in [2.05, 4.69) is 20.4 Å². The largest absolute Gasteiger partial charge is 0.468 e. The van der Waals surface area contributed by atoms with Crippen molar-refractivity contribution in [3.05, 3.63) is 42.1 Å². The zero-order valence-electron chi connectivity index (χ0n) is 15.8. The molecule has 2 saturated heterocycles. The van der Waals surface area contributed by atoms with Gasteiger partial charge in [0.2, 0.25) is 0 Å². The van der Waals surface area contributed by atoms with Gasteiger partial charge < -0.3 is 14.6 Å². The van der Waals surface area contributed by atoms with Crippen LogP contribution in [0.2, 0.25) is 0 Å². The van der Waals surface area contributed by atoms with E-state index in [1.807, 2.05) is 29.4 Å². The van der Waals surface area contributed by atoms with Gasteiger partial charge in [0.1, 0.15) is 5.76 Å². The van der Waals surface area contributed by atoms with Crippen molar-refractivity contribution in [3.8, 4) is 0 Å². The molecule has 2 aliphatic rings. The minimum Gasteiger partial charge on any atom is -0.468 e. The number of aromatic nitrogens is 2. The summed E-state index contributed by atoms with van der Waals surface area (Å²) in [6.45, 7) is 3.48. The molecule has 2 atom stereocenters. The van der Waals surface area contributed by atoms with Crippen molar-refractivity contribution in [2.24, 2.45) is 0 Å². The van der Waals surface area contributed by atoms with Crippen LogP contribution >= 0.6 is 0 Å². The number of urea groups is 1. The van der Waals surface area contributed by atoms with Crippen molar-refractivity contribution in [2.45, 2.75) is 50.6 Å². The van der Waals surface area contributed by atoms with Gasteiger partial charge in [0.25, 0.3) is 0 Å². The smallest absolute Gasteiger partial charge is 0.317 e. The molecule has 0 aromatic carbocycles. The normalized spacial score (nSPS) is 22.5. The fraction of sp³-hybridized carbons (Fsp3) is 0.600. The van der Waals surface area contributed by atoms with E-state index < -0.39 is 0 Å². The Morgan fingerprint density at radius 3 is 2.85 bits per heavy atom. The molecule has 0 radical (unpaired) electrons. The molecule has 2 unspecified atom stereocenters. The first-order chi connectivity index (χ1) is 13.3. The molecule has 2 fully saturated rings. The van der Waals surface area contributed by atoms with Gasteiger partial charge in [-0.3, -0.25) is 10.00 Å². The minimum atomic E-state index is 0.00876. The third-order valence-corrected chi connectivity index (χ3v) is 5.82. The second kappa shape index (κ2) is 8.61. The minimum absolute atomic E-state index is 0.00876. The Labute approximate surface area is 160 Å². The van der Waals surface area contributed by atoms with Crippen LogP contribution in [0.4, 0.5) is 4.79 Å². The monoisotopic (exact) mass is 371 g/mol. The highest BCUT2D eigenvalue weighted by atomic mass is 16.3. The van der Waals surface area contributed by atoms with Crippen LogP contribution in [0, 0.1) is 0 Å². The van der Waals surface area contributed by atoms with Gasteiger partial charge in [-0.1, -0.05) is 6.42 Å². The Bertz CT molecular complexity index is 694. The number of hydrogen-bond acceptors (Lipinski definition) is 4. The van der Waals surface area contributed by atoms with Gasteiger partial charge in [0.15, 0.2) is 0 Å². The molecule has 4 heterocycles. The van der Waals surface area contributed by atoms with E-state index in [1.165, 1.54) is 19.3 Å². The summed E-state index contributed by atoms with van der Waals surface area (Å²) in [7, 11) is 0. The highest BCUT2D eigenvalue weighted by molar-refractivity contribution is 5.75. The summed E-state index contributed by atoms with van der Waals surface area (Å²) in [5.41, 5.74) is 1.09. The SMILES string of the molecule is O=C(NCC(c1ccco1)N1CCCCC1)N1CCCCC1c1cn[nH]c1.